The maximum Gasteiger partial charge on any atom is 0.316 e. The number of rotatable bonds is 4. The van der Waals surface area contributed by atoms with Crippen molar-refractivity contribution in [1.82, 2.24) is 25.0 Å². The fraction of sp³-hybridized carbons (Fsp3) is 0.316. The second-order valence-electron chi connectivity index (χ2n) is 6.47. The third-order valence-corrected chi connectivity index (χ3v) is 4.75. The van der Waals surface area contributed by atoms with Crippen molar-refractivity contribution < 1.29 is 14.1 Å². The Labute approximate surface area is 156 Å². The summed E-state index contributed by atoms with van der Waals surface area (Å²) in [6.07, 6.45) is 2.96. The molecule has 8 heteroatoms. The van der Waals surface area contributed by atoms with Crippen LogP contribution in [0, 0.1) is 6.92 Å². The minimum absolute atomic E-state index is 0.0586. The van der Waals surface area contributed by atoms with Gasteiger partial charge in [0, 0.05) is 31.4 Å². The number of carbonyl (C=O) groups is 1. The Hall–Kier alpha value is -3.29. The number of ether oxygens (including phenoxy) is 1. The van der Waals surface area contributed by atoms with Crippen LogP contribution in [-0.4, -0.2) is 51.1 Å². The largest absolute Gasteiger partial charge is 0.467 e. The Morgan fingerprint density at radius 3 is 2.48 bits per heavy atom. The van der Waals surface area contributed by atoms with E-state index in [1.54, 1.807) is 11.8 Å². The van der Waals surface area contributed by atoms with Gasteiger partial charge >= 0.3 is 6.01 Å². The topological polar surface area (TPSA) is 94.2 Å². The quantitative estimate of drug-likeness (QED) is 0.699. The number of hydrogen-bond acceptors (Lipinski definition) is 7. The minimum atomic E-state index is -0.127. The van der Waals surface area contributed by atoms with Crippen LogP contribution in [0.2, 0.25) is 0 Å². The van der Waals surface area contributed by atoms with E-state index in [4.69, 9.17) is 9.26 Å². The van der Waals surface area contributed by atoms with Gasteiger partial charge in [0.15, 0.2) is 5.82 Å². The summed E-state index contributed by atoms with van der Waals surface area (Å²) in [6.45, 7) is 2.84. The zero-order valence-corrected chi connectivity index (χ0v) is 15.1. The molecule has 2 unspecified atom stereocenters. The number of hydrogen-bond donors (Lipinski definition) is 0. The fourth-order valence-electron chi connectivity index (χ4n) is 3.44. The Bertz CT molecular complexity index is 926. The fourth-order valence-corrected chi connectivity index (χ4v) is 3.44. The molecule has 138 valence electrons. The van der Waals surface area contributed by atoms with E-state index in [2.05, 4.69) is 32.2 Å². The predicted octanol–water partition coefficient (Wildman–Crippen LogP) is 2.20. The van der Waals surface area contributed by atoms with Crippen molar-refractivity contribution in [3.05, 3.63) is 65.6 Å². The lowest BCUT2D eigenvalue weighted by Crippen LogP contribution is -2.29. The van der Waals surface area contributed by atoms with Crippen LogP contribution in [0.4, 0.5) is 0 Å². The average molecular weight is 365 g/mol. The maximum atomic E-state index is 12.9. The zero-order valence-electron chi connectivity index (χ0n) is 15.1. The molecule has 27 heavy (non-hydrogen) atoms. The number of nitrogens with zero attached hydrogens (tertiary/aromatic N) is 5. The molecule has 0 saturated carbocycles. The lowest BCUT2D eigenvalue weighted by Gasteiger charge is -2.16. The van der Waals surface area contributed by atoms with Crippen molar-refractivity contribution in [1.29, 1.82) is 0 Å². The minimum Gasteiger partial charge on any atom is -0.467 e. The van der Waals surface area contributed by atoms with Crippen molar-refractivity contribution in [3.63, 3.8) is 0 Å². The molecule has 1 aromatic carbocycles. The number of benzene rings is 1. The summed E-state index contributed by atoms with van der Waals surface area (Å²) in [5, 5.41) is 3.91. The molecule has 4 rings (SSSR count). The van der Waals surface area contributed by atoms with Crippen LogP contribution in [0.3, 0.4) is 0 Å². The van der Waals surface area contributed by atoms with Crippen molar-refractivity contribution in [2.75, 3.05) is 20.2 Å². The first-order valence-corrected chi connectivity index (χ1v) is 8.66. The number of aryl methyl sites for hydroxylation is 1. The molecule has 1 fully saturated rings. The molecule has 3 heterocycles. The first-order valence-electron chi connectivity index (χ1n) is 8.66. The molecule has 8 nitrogen and oxygen atoms in total. The van der Waals surface area contributed by atoms with E-state index in [0.717, 1.165) is 5.56 Å². The number of methoxy groups -OCH3 is 1. The number of amides is 1. The second-order valence-corrected chi connectivity index (χ2v) is 6.47. The monoisotopic (exact) mass is 365 g/mol. The van der Waals surface area contributed by atoms with Gasteiger partial charge < -0.3 is 14.2 Å². The summed E-state index contributed by atoms with van der Waals surface area (Å²) in [6, 6.07) is 10.3. The van der Waals surface area contributed by atoms with Crippen molar-refractivity contribution in [3.8, 4) is 6.01 Å². The molecule has 3 aromatic rings. The van der Waals surface area contributed by atoms with E-state index in [-0.39, 0.29) is 23.8 Å². The van der Waals surface area contributed by atoms with Gasteiger partial charge in [0.25, 0.3) is 5.91 Å². The molecule has 0 aliphatic carbocycles. The van der Waals surface area contributed by atoms with Gasteiger partial charge in [-0.1, -0.05) is 35.5 Å². The van der Waals surface area contributed by atoms with Crippen LogP contribution in [0.5, 0.6) is 6.01 Å². The summed E-state index contributed by atoms with van der Waals surface area (Å²) in [5.74, 6) is 1.04. The molecule has 1 aliphatic heterocycles. The van der Waals surface area contributed by atoms with Gasteiger partial charge in [0.1, 0.15) is 0 Å². The lowest BCUT2D eigenvalue weighted by molar-refractivity contribution is 0.0787. The first-order chi connectivity index (χ1) is 13.2. The second kappa shape index (κ2) is 7.14. The lowest BCUT2D eigenvalue weighted by atomic mass is 9.89. The molecule has 0 spiro atoms. The molecule has 1 saturated heterocycles. The number of aromatic nitrogens is 4. The van der Waals surface area contributed by atoms with Crippen molar-refractivity contribution in [2.24, 2.45) is 0 Å². The number of carbonyl (C=O) groups excluding carboxylic acids is 1. The maximum absolute atomic E-state index is 12.9. The summed E-state index contributed by atoms with van der Waals surface area (Å²) < 4.78 is 10.4. The van der Waals surface area contributed by atoms with E-state index >= 15 is 0 Å². The summed E-state index contributed by atoms with van der Waals surface area (Å²) >= 11 is 0. The summed E-state index contributed by atoms with van der Waals surface area (Å²) in [4.78, 5) is 27.2. The Morgan fingerprint density at radius 2 is 1.85 bits per heavy atom. The van der Waals surface area contributed by atoms with Gasteiger partial charge in [-0.3, -0.25) is 4.79 Å². The Morgan fingerprint density at radius 1 is 1.15 bits per heavy atom. The zero-order chi connectivity index (χ0) is 18.8. The van der Waals surface area contributed by atoms with E-state index in [1.165, 1.54) is 19.5 Å². The molecule has 2 aromatic heterocycles. The highest BCUT2D eigenvalue weighted by molar-refractivity contribution is 5.94. The Balaban J connectivity index is 1.62. The van der Waals surface area contributed by atoms with Crippen LogP contribution in [-0.2, 0) is 0 Å². The number of likely N-dealkylation sites (tertiary alicyclic amines) is 1. The molecule has 0 N–H and O–H groups in total. The third-order valence-electron chi connectivity index (χ3n) is 4.75. The highest BCUT2D eigenvalue weighted by Gasteiger charge is 2.40. The molecule has 0 radical (unpaired) electrons. The van der Waals surface area contributed by atoms with E-state index < -0.39 is 0 Å². The van der Waals surface area contributed by atoms with Crippen LogP contribution in [0.1, 0.15) is 39.5 Å². The molecular weight excluding hydrogens is 346 g/mol. The third kappa shape index (κ3) is 3.38. The van der Waals surface area contributed by atoms with Gasteiger partial charge in [-0.15, -0.1) is 0 Å². The normalized spacial score (nSPS) is 19.3. The van der Waals surface area contributed by atoms with Crippen LogP contribution in [0.15, 0.2) is 47.2 Å². The van der Waals surface area contributed by atoms with Gasteiger partial charge in [-0.2, -0.15) is 4.98 Å². The summed E-state index contributed by atoms with van der Waals surface area (Å²) in [7, 11) is 1.48. The van der Waals surface area contributed by atoms with Gasteiger partial charge in [-0.25, -0.2) is 9.97 Å². The predicted molar refractivity (Wildman–Crippen MR) is 95.4 cm³/mol. The molecular formula is C19H19N5O3. The van der Waals surface area contributed by atoms with E-state index in [1.807, 2.05) is 18.2 Å². The standard InChI is InChI=1S/C19H19N5O3/c1-12-22-17(27-23-12)16-11-24(10-15(16)13-6-4-3-5-7-13)18(25)14-8-20-19(26-2)21-9-14/h3-9,15-16H,10-11H2,1-2H3. The molecule has 1 aliphatic rings. The van der Waals surface area contributed by atoms with Gasteiger partial charge in [0.05, 0.1) is 18.6 Å². The van der Waals surface area contributed by atoms with Crippen LogP contribution < -0.4 is 4.74 Å². The van der Waals surface area contributed by atoms with E-state index in [9.17, 15) is 4.79 Å². The smallest absolute Gasteiger partial charge is 0.316 e. The van der Waals surface area contributed by atoms with E-state index in [0.29, 0.717) is 30.4 Å². The first kappa shape index (κ1) is 17.1. The highest BCUT2D eigenvalue weighted by Crippen LogP contribution is 2.39. The SMILES string of the molecule is COc1ncc(C(=O)N2CC(c3ccccc3)C(c3nc(C)no3)C2)cn1. The molecule has 0 bridgehead atoms. The molecule has 1 amide bonds. The van der Waals surface area contributed by atoms with Crippen molar-refractivity contribution >= 4 is 5.91 Å². The summed E-state index contributed by atoms with van der Waals surface area (Å²) in [5.41, 5.74) is 1.56. The van der Waals surface area contributed by atoms with Crippen LogP contribution in [0.25, 0.3) is 0 Å². The van der Waals surface area contributed by atoms with Gasteiger partial charge in [0.2, 0.25) is 5.89 Å². The van der Waals surface area contributed by atoms with Crippen LogP contribution >= 0.6 is 0 Å². The highest BCUT2D eigenvalue weighted by atomic mass is 16.5. The van der Waals surface area contributed by atoms with Gasteiger partial charge in [-0.05, 0) is 12.5 Å². The van der Waals surface area contributed by atoms with Crippen molar-refractivity contribution in [2.45, 2.75) is 18.8 Å². The Kier molecular flexibility index (Phi) is 4.53. The molecule has 2 atom stereocenters. The average Bonchev–Trinajstić information content (AvgIpc) is 3.34.